The van der Waals surface area contributed by atoms with Crippen molar-refractivity contribution < 1.29 is 0 Å². The Hall–Kier alpha value is -1.01. The van der Waals surface area contributed by atoms with E-state index < -0.39 is 0 Å². The van der Waals surface area contributed by atoms with Crippen LogP contribution in [0.5, 0.6) is 0 Å². The molecule has 1 aliphatic carbocycles. The van der Waals surface area contributed by atoms with Crippen molar-refractivity contribution in [3.05, 3.63) is 28.2 Å². The van der Waals surface area contributed by atoms with Gasteiger partial charge in [-0.05, 0) is 38.9 Å². The Morgan fingerprint density at radius 3 is 2.29 bits per heavy atom. The zero-order valence-corrected chi connectivity index (χ0v) is 12.2. The second-order valence-corrected chi connectivity index (χ2v) is 6.65. The minimum Gasteiger partial charge on any atom is -0.380 e. The van der Waals surface area contributed by atoms with E-state index in [2.05, 4.69) is 55.0 Å². The van der Waals surface area contributed by atoms with Crippen molar-refractivity contribution in [1.82, 2.24) is 0 Å². The molecular formula is C14H17BrN2. The molecule has 0 heterocycles. The van der Waals surface area contributed by atoms with Gasteiger partial charge in [-0.3, -0.25) is 0 Å². The molecule has 3 heteroatoms. The Morgan fingerprint density at radius 1 is 1.24 bits per heavy atom. The van der Waals surface area contributed by atoms with E-state index in [1.165, 1.54) is 0 Å². The largest absolute Gasteiger partial charge is 0.380 e. The quantitative estimate of drug-likeness (QED) is 0.888. The van der Waals surface area contributed by atoms with E-state index in [1.807, 2.05) is 18.2 Å². The van der Waals surface area contributed by atoms with Crippen LogP contribution in [0, 0.1) is 22.2 Å². The molecule has 2 nitrogen and oxygen atoms in total. The first-order chi connectivity index (χ1) is 7.82. The normalized spacial score (nSPS) is 20.7. The molecule has 0 spiro atoms. The lowest BCUT2D eigenvalue weighted by molar-refractivity contribution is 0.457. The highest BCUT2D eigenvalue weighted by Gasteiger charge is 2.65. The van der Waals surface area contributed by atoms with Crippen LogP contribution in [0.3, 0.4) is 0 Å². The van der Waals surface area contributed by atoms with Gasteiger partial charge in [0.1, 0.15) is 6.07 Å². The second-order valence-electron chi connectivity index (χ2n) is 5.79. The number of rotatable bonds is 2. The van der Waals surface area contributed by atoms with Gasteiger partial charge in [-0.2, -0.15) is 5.26 Å². The van der Waals surface area contributed by atoms with E-state index in [4.69, 9.17) is 0 Å². The monoisotopic (exact) mass is 292 g/mol. The zero-order chi connectivity index (χ0) is 12.8. The number of nitrogens with zero attached hydrogens (tertiary/aromatic N) is 1. The van der Waals surface area contributed by atoms with E-state index >= 15 is 0 Å². The summed E-state index contributed by atoms with van der Waals surface area (Å²) >= 11 is 3.41. The van der Waals surface area contributed by atoms with Crippen molar-refractivity contribution >= 4 is 21.6 Å². The maximum atomic E-state index is 9.17. The molecular weight excluding hydrogens is 276 g/mol. The van der Waals surface area contributed by atoms with Gasteiger partial charge in [0.05, 0.1) is 11.3 Å². The number of halogens is 1. The summed E-state index contributed by atoms with van der Waals surface area (Å²) in [5.41, 5.74) is 2.14. The van der Waals surface area contributed by atoms with Crippen LogP contribution in [0.25, 0.3) is 0 Å². The molecule has 0 atom stereocenters. The molecule has 0 aromatic heterocycles. The van der Waals surface area contributed by atoms with Crippen molar-refractivity contribution in [2.75, 3.05) is 5.32 Å². The molecule has 0 unspecified atom stereocenters. The highest BCUT2D eigenvalue weighted by atomic mass is 79.9. The van der Waals surface area contributed by atoms with Crippen LogP contribution in [0.15, 0.2) is 22.7 Å². The number of hydrogen-bond acceptors (Lipinski definition) is 2. The summed E-state index contributed by atoms with van der Waals surface area (Å²) in [4.78, 5) is 0. The van der Waals surface area contributed by atoms with Crippen LogP contribution in [-0.2, 0) is 0 Å². The van der Waals surface area contributed by atoms with Crippen molar-refractivity contribution in [2.45, 2.75) is 33.7 Å². The summed E-state index contributed by atoms with van der Waals surface area (Å²) in [7, 11) is 0. The molecule has 1 N–H and O–H groups in total. The maximum absolute atomic E-state index is 9.17. The third-order valence-electron chi connectivity index (χ3n) is 4.45. The lowest BCUT2D eigenvalue weighted by Gasteiger charge is -2.10. The van der Waals surface area contributed by atoms with Gasteiger partial charge in [-0.1, -0.05) is 33.8 Å². The third kappa shape index (κ3) is 1.75. The van der Waals surface area contributed by atoms with Crippen LogP contribution in [-0.4, -0.2) is 6.04 Å². The van der Waals surface area contributed by atoms with Gasteiger partial charge in [-0.15, -0.1) is 0 Å². The minimum atomic E-state index is 0.266. The first-order valence-corrected chi connectivity index (χ1v) is 6.57. The molecule has 1 aromatic rings. The van der Waals surface area contributed by atoms with Crippen LogP contribution in [0.1, 0.15) is 33.3 Å². The number of hydrogen-bond donors (Lipinski definition) is 1. The van der Waals surface area contributed by atoms with Crippen LogP contribution >= 0.6 is 15.9 Å². The van der Waals surface area contributed by atoms with Gasteiger partial charge in [0.25, 0.3) is 0 Å². The highest BCUT2D eigenvalue weighted by Crippen LogP contribution is 2.63. The fourth-order valence-electron chi connectivity index (χ4n) is 2.47. The first-order valence-electron chi connectivity index (χ1n) is 5.77. The van der Waals surface area contributed by atoms with E-state index in [9.17, 15) is 5.26 Å². The van der Waals surface area contributed by atoms with Gasteiger partial charge in [0.15, 0.2) is 0 Å². The summed E-state index contributed by atoms with van der Waals surface area (Å²) in [6.07, 6.45) is 0. The molecule has 0 saturated heterocycles. The molecule has 0 bridgehead atoms. The molecule has 0 aliphatic heterocycles. The van der Waals surface area contributed by atoms with Gasteiger partial charge in [-0.25, -0.2) is 0 Å². The fourth-order valence-corrected chi connectivity index (χ4v) is 2.93. The summed E-state index contributed by atoms with van der Waals surface area (Å²) in [5, 5.41) is 12.7. The molecule has 1 aliphatic rings. The molecule has 17 heavy (non-hydrogen) atoms. The van der Waals surface area contributed by atoms with Crippen molar-refractivity contribution in [3.8, 4) is 6.07 Å². The number of nitriles is 1. The van der Waals surface area contributed by atoms with E-state index in [0.29, 0.717) is 11.6 Å². The van der Waals surface area contributed by atoms with Gasteiger partial charge >= 0.3 is 0 Å². The predicted molar refractivity (Wildman–Crippen MR) is 73.8 cm³/mol. The SMILES string of the molecule is CC1(C)C(Nc2cccc(Br)c2C#N)C1(C)C. The Morgan fingerprint density at radius 2 is 1.82 bits per heavy atom. The minimum absolute atomic E-state index is 0.266. The molecule has 90 valence electrons. The number of anilines is 1. The molecule has 1 fully saturated rings. The van der Waals surface area contributed by atoms with Gasteiger partial charge < -0.3 is 5.32 Å². The third-order valence-corrected chi connectivity index (χ3v) is 5.11. The summed E-state index contributed by atoms with van der Waals surface area (Å²) in [6, 6.07) is 8.47. The van der Waals surface area contributed by atoms with Crippen LogP contribution in [0.4, 0.5) is 5.69 Å². The molecule has 0 radical (unpaired) electrons. The van der Waals surface area contributed by atoms with Crippen molar-refractivity contribution in [1.29, 1.82) is 5.26 Å². The average molecular weight is 293 g/mol. The highest BCUT2D eigenvalue weighted by molar-refractivity contribution is 9.10. The van der Waals surface area contributed by atoms with Crippen LogP contribution < -0.4 is 5.32 Å². The summed E-state index contributed by atoms with van der Waals surface area (Å²) in [5.74, 6) is 0. The lowest BCUT2D eigenvalue weighted by Crippen LogP contribution is -2.11. The van der Waals surface area contributed by atoms with Crippen LogP contribution in [0.2, 0.25) is 0 Å². The van der Waals surface area contributed by atoms with E-state index in [-0.39, 0.29) is 10.8 Å². The topological polar surface area (TPSA) is 35.8 Å². The zero-order valence-electron chi connectivity index (χ0n) is 10.6. The molecule has 1 aromatic carbocycles. The number of nitrogens with one attached hydrogen (secondary N) is 1. The van der Waals surface area contributed by atoms with Gasteiger partial charge in [0, 0.05) is 10.5 Å². The Labute approximate surface area is 111 Å². The van der Waals surface area contributed by atoms with E-state index in [0.717, 1.165) is 10.2 Å². The average Bonchev–Trinajstić information content (AvgIpc) is 2.61. The summed E-state index contributed by atoms with van der Waals surface area (Å²) in [6.45, 7) is 9.03. The first kappa shape index (κ1) is 12.4. The molecule has 1 saturated carbocycles. The summed E-state index contributed by atoms with van der Waals surface area (Å²) < 4.78 is 0.848. The molecule has 2 rings (SSSR count). The molecule has 0 amide bonds. The second kappa shape index (κ2) is 3.74. The smallest absolute Gasteiger partial charge is 0.103 e. The maximum Gasteiger partial charge on any atom is 0.103 e. The van der Waals surface area contributed by atoms with Gasteiger partial charge in [0.2, 0.25) is 0 Å². The van der Waals surface area contributed by atoms with Crippen molar-refractivity contribution in [2.24, 2.45) is 10.8 Å². The lowest BCUT2D eigenvalue weighted by atomic mass is 10.0. The predicted octanol–water partition coefficient (Wildman–Crippen LogP) is 4.17. The Kier molecular flexibility index (Phi) is 2.74. The Bertz CT molecular complexity index is 483. The number of benzene rings is 1. The fraction of sp³-hybridized carbons (Fsp3) is 0.500. The van der Waals surface area contributed by atoms with Crippen molar-refractivity contribution in [3.63, 3.8) is 0 Å². The Balaban J connectivity index is 2.29. The standard InChI is InChI=1S/C14H17BrN2/c1-13(2)12(14(13,3)4)17-11-7-5-6-10(15)9(11)8-16/h5-7,12,17H,1-4H3. The van der Waals surface area contributed by atoms with E-state index in [1.54, 1.807) is 0 Å².